The summed E-state index contributed by atoms with van der Waals surface area (Å²) in [7, 11) is 0. The van der Waals surface area contributed by atoms with Crippen molar-refractivity contribution in [1.82, 2.24) is 10.2 Å². The van der Waals surface area contributed by atoms with Gasteiger partial charge in [0.05, 0.1) is 6.04 Å². The van der Waals surface area contributed by atoms with Crippen molar-refractivity contribution >= 4 is 17.4 Å². The van der Waals surface area contributed by atoms with E-state index in [2.05, 4.69) is 41.5 Å². The molecule has 0 fully saturated rings. The Kier molecular flexibility index (Phi) is 7.90. The lowest BCUT2D eigenvalue weighted by atomic mass is 9.94. The lowest BCUT2D eigenvalue weighted by Gasteiger charge is -2.24. The standard InChI is InChI=1S/C29H29N3O4/c1-19(2)27(30-24-17-15-20(16-18-24)25(33)9-6-10-26(34)35)21-11-13-23(14-12-21)29-32-31-28(36-29)22-7-4-3-5-8-22/h3-5,7-8,11-19,27,30H,6,9-10H2,1-2H3,(H,34,35)/t27-/m1/s1. The van der Waals surface area contributed by atoms with Gasteiger partial charge >= 0.3 is 5.97 Å². The number of carboxylic acids is 1. The van der Waals surface area contributed by atoms with E-state index in [9.17, 15) is 9.59 Å². The first-order chi connectivity index (χ1) is 17.4. The van der Waals surface area contributed by atoms with Gasteiger partial charge in [0, 0.05) is 35.2 Å². The molecule has 0 saturated heterocycles. The summed E-state index contributed by atoms with van der Waals surface area (Å²) in [5.74, 6) is 0.332. The topological polar surface area (TPSA) is 105 Å². The number of hydrogen-bond donors (Lipinski definition) is 2. The third kappa shape index (κ3) is 6.24. The SMILES string of the molecule is CC(C)[C@@H](Nc1ccc(C(=O)CCCC(=O)O)cc1)c1ccc(-c2nnc(-c3ccccc3)o2)cc1. The molecule has 0 bridgehead atoms. The van der Waals surface area contributed by atoms with Gasteiger partial charge in [0.1, 0.15) is 0 Å². The summed E-state index contributed by atoms with van der Waals surface area (Å²) in [4.78, 5) is 22.9. The number of benzene rings is 3. The minimum atomic E-state index is -0.885. The van der Waals surface area contributed by atoms with Crippen LogP contribution in [-0.2, 0) is 4.79 Å². The molecule has 0 aliphatic rings. The number of aromatic nitrogens is 2. The molecule has 1 aromatic heterocycles. The largest absolute Gasteiger partial charge is 0.481 e. The number of carbonyl (C=O) groups is 2. The average molecular weight is 484 g/mol. The first kappa shape index (κ1) is 24.9. The average Bonchev–Trinajstić information content (AvgIpc) is 3.38. The number of nitrogens with zero attached hydrogens (tertiary/aromatic N) is 2. The van der Waals surface area contributed by atoms with Gasteiger partial charge in [-0.2, -0.15) is 0 Å². The third-order valence-corrected chi connectivity index (χ3v) is 5.95. The minimum Gasteiger partial charge on any atom is -0.481 e. The van der Waals surface area contributed by atoms with Crippen molar-refractivity contribution in [3.63, 3.8) is 0 Å². The summed E-state index contributed by atoms with van der Waals surface area (Å²) in [5.41, 5.74) is 4.34. The molecule has 36 heavy (non-hydrogen) atoms. The second kappa shape index (κ2) is 11.4. The van der Waals surface area contributed by atoms with Gasteiger partial charge in [0.25, 0.3) is 0 Å². The van der Waals surface area contributed by atoms with Gasteiger partial charge in [-0.1, -0.05) is 44.2 Å². The fourth-order valence-electron chi connectivity index (χ4n) is 3.98. The fourth-order valence-corrected chi connectivity index (χ4v) is 3.98. The maximum atomic E-state index is 12.3. The number of carboxylic acid groups (broad SMARTS) is 1. The normalized spacial score (nSPS) is 11.9. The van der Waals surface area contributed by atoms with Crippen LogP contribution in [0.5, 0.6) is 0 Å². The molecule has 7 heteroatoms. The molecule has 0 aliphatic heterocycles. The van der Waals surface area contributed by atoms with Gasteiger partial charge in [-0.25, -0.2) is 0 Å². The van der Waals surface area contributed by atoms with Crippen LogP contribution in [0.2, 0.25) is 0 Å². The molecule has 1 atom stereocenters. The summed E-state index contributed by atoms with van der Waals surface area (Å²) in [6.45, 7) is 4.30. The molecule has 2 N–H and O–H groups in total. The van der Waals surface area contributed by atoms with Crippen LogP contribution in [0, 0.1) is 5.92 Å². The molecule has 4 aromatic rings. The van der Waals surface area contributed by atoms with Crippen LogP contribution in [0.3, 0.4) is 0 Å². The van der Waals surface area contributed by atoms with Crippen LogP contribution in [0.25, 0.3) is 22.9 Å². The Bertz CT molecular complexity index is 1300. The summed E-state index contributed by atoms with van der Waals surface area (Å²) < 4.78 is 5.87. The van der Waals surface area contributed by atoms with Gasteiger partial charge in [0.15, 0.2) is 5.78 Å². The highest BCUT2D eigenvalue weighted by atomic mass is 16.4. The van der Waals surface area contributed by atoms with Crippen molar-refractivity contribution in [1.29, 1.82) is 0 Å². The quantitative estimate of drug-likeness (QED) is 0.230. The number of Topliss-reactive ketones (excluding diaryl/α,β-unsaturated/α-hetero) is 1. The van der Waals surface area contributed by atoms with Crippen molar-refractivity contribution in [3.05, 3.63) is 90.0 Å². The summed E-state index contributed by atoms with van der Waals surface area (Å²) >= 11 is 0. The fraction of sp³-hybridized carbons (Fsp3) is 0.241. The molecule has 0 saturated carbocycles. The van der Waals surface area contributed by atoms with E-state index in [-0.39, 0.29) is 24.7 Å². The van der Waals surface area contributed by atoms with Gasteiger partial charge < -0.3 is 14.8 Å². The van der Waals surface area contributed by atoms with Crippen LogP contribution < -0.4 is 5.32 Å². The molecule has 4 rings (SSSR count). The van der Waals surface area contributed by atoms with Crippen molar-refractivity contribution in [3.8, 4) is 22.9 Å². The predicted octanol–water partition coefficient (Wildman–Crippen LogP) is 6.65. The highest BCUT2D eigenvalue weighted by molar-refractivity contribution is 5.96. The lowest BCUT2D eigenvalue weighted by Crippen LogP contribution is -2.16. The Labute approximate surface area is 210 Å². The van der Waals surface area contributed by atoms with Crippen LogP contribution in [0.4, 0.5) is 5.69 Å². The molecular weight excluding hydrogens is 454 g/mol. The molecular formula is C29H29N3O4. The van der Waals surface area contributed by atoms with Crippen LogP contribution in [-0.4, -0.2) is 27.1 Å². The zero-order valence-electron chi connectivity index (χ0n) is 20.3. The number of aliphatic carboxylic acids is 1. The van der Waals surface area contributed by atoms with E-state index in [0.29, 0.717) is 29.7 Å². The summed E-state index contributed by atoms with van der Waals surface area (Å²) in [5, 5.41) is 20.7. The van der Waals surface area contributed by atoms with E-state index >= 15 is 0 Å². The second-order valence-electron chi connectivity index (χ2n) is 9.01. The summed E-state index contributed by atoms with van der Waals surface area (Å²) in [6.07, 6.45) is 0.574. The highest BCUT2D eigenvalue weighted by Gasteiger charge is 2.17. The van der Waals surface area contributed by atoms with Crippen molar-refractivity contribution < 1.29 is 19.1 Å². The molecule has 0 radical (unpaired) electrons. The first-order valence-corrected chi connectivity index (χ1v) is 12.0. The van der Waals surface area contributed by atoms with Gasteiger partial charge in [-0.3, -0.25) is 9.59 Å². The Hall–Kier alpha value is -4.26. The first-order valence-electron chi connectivity index (χ1n) is 12.0. The smallest absolute Gasteiger partial charge is 0.303 e. The van der Waals surface area contributed by atoms with E-state index < -0.39 is 5.97 Å². The number of rotatable bonds is 11. The Balaban J connectivity index is 1.43. The maximum Gasteiger partial charge on any atom is 0.303 e. The number of nitrogens with one attached hydrogen (secondary N) is 1. The monoisotopic (exact) mass is 483 g/mol. The third-order valence-electron chi connectivity index (χ3n) is 5.95. The van der Waals surface area contributed by atoms with E-state index in [0.717, 1.165) is 22.4 Å². The zero-order chi connectivity index (χ0) is 25.5. The van der Waals surface area contributed by atoms with Crippen molar-refractivity contribution in [2.75, 3.05) is 5.32 Å². The zero-order valence-corrected chi connectivity index (χ0v) is 20.3. The van der Waals surface area contributed by atoms with E-state index in [1.165, 1.54) is 0 Å². The Morgan fingerprint density at radius 1 is 0.833 bits per heavy atom. The molecule has 0 spiro atoms. The maximum absolute atomic E-state index is 12.3. The Morgan fingerprint density at radius 3 is 2.03 bits per heavy atom. The van der Waals surface area contributed by atoms with Gasteiger partial charge in [0.2, 0.25) is 11.8 Å². The van der Waals surface area contributed by atoms with Crippen molar-refractivity contribution in [2.24, 2.45) is 5.92 Å². The lowest BCUT2D eigenvalue weighted by molar-refractivity contribution is -0.137. The van der Waals surface area contributed by atoms with Crippen molar-refractivity contribution in [2.45, 2.75) is 39.2 Å². The second-order valence-corrected chi connectivity index (χ2v) is 9.01. The van der Waals surface area contributed by atoms with Crippen LogP contribution in [0.1, 0.15) is 55.1 Å². The molecule has 184 valence electrons. The van der Waals surface area contributed by atoms with Crippen LogP contribution in [0.15, 0.2) is 83.3 Å². The number of ketones is 1. The number of hydrogen-bond acceptors (Lipinski definition) is 6. The van der Waals surface area contributed by atoms with Gasteiger partial charge in [-0.15, -0.1) is 10.2 Å². The van der Waals surface area contributed by atoms with E-state index in [4.69, 9.17) is 9.52 Å². The highest BCUT2D eigenvalue weighted by Crippen LogP contribution is 2.30. The van der Waals surface area contributed by atoms with E-state index in [1.807, 2.05) is 54.6 Å². The predicted molar refractivity (Wildman–Crippen MR) is 139 cm³/mol. The molecule has 3 aromatic carbocycles. The molecule has 1 heterocycles. The number of anilines is 1. The van der Waals surface area contributed by atoms with Gasteiger partial charge in [-0.05, 0) is 66.4 Å². The summed E-state index contributed by atoms with van der Waals surface area (Å²) in [6, 6.07) is 25.1. The number of carbonyl (C=O) groups excluding carboxylic acids is 1. The Morgan fingerprint density at radius 2 is 1.44 bits per heavy atom. The molecule has 0 aliphatic carbocycles. The molecule has 0 unspecified atom stereocenters. The van der Waals surface area contributed by atoms with E-state index in [1.54, 1.807) is 12.1 Å². The minimum absolute atomic E-state index is 0.000915. The molecule has 0 amide bonds. The molecule has 7 nitrogen and oxygen atoms in total. The van der Waals surface area contributed by atoms with Crippen LogP contribution >= 0.6 is 0 Å².